The average molecular weight is 319 g/mol. The van der Waals surface area contributed by atoms with Gasteiger partial charge in [0.15, 0.2) is 5.78 Å². The van der Waals surface area contributed by atoms with Gasteiger partial charge in [-0.15, -0.1) is 0 Å². The van der Waals surface area contributed by atoms with Crippen molar-refractivity contribution < 1.29 is 9.90 Å². The van der Waals surface area contributed by atoms with Crippen molar-refractivity contribution in [1.29, 1.82) is 0 Å². The number of hydrogen-bond donors (Lipinski definition) is 2. The first kappa shape index (κ1) is 16.2. The van der Waals surface area contributed by atoms with Crippen molar-refractivity contribution in [2.24, 2.45) is 0 Å². The maximum atomic E-state index is 12.4. The zero-order chi connectivity index (χ0) is 17.2. The zero-order valence-corrected chi connectivity index (χ0v) is 13.9. The highest BCUT2D eigenvalue weighted by atomic mass is 16.3. The predicted molar refractivity (Wildman–Crippen MR) is 95.5 cm³/mol. The van der Waals surface area contributed by atoms with Crippen LogP contribution in [0, 0.1) is 0 Å². The van der Waals surface area contributed by atoms with E-state index in [1.807, 2.05) is 62.4 Å². The van der Waals surface area contributed by atoms with E-state index in [-0.39, 0.29) is 5.78 Å². The van der Waals surface area contributed by atoms with Gasteiger partial charge in [-0.05, 0) is 25.5 Å². The second-order valence-electron chi connectivity index (χ2n) is 6.30. The molecule has 0 amide bonds. The zero-order valence-electron chi connectivity index (χ0n) is 13.9. The van der Waals surface area contributed by atoms with E-state index in [0.29, 0.717) is 23.4 Å². The van der Waals surface area contributed by atoms with E-state index in [9.17, 15) is 9.90 Å². The van der Waals surface area contributed by atoms with Gasteiger partial charge >= 0.3 is 0 Å². The number of hydrogen-bond acceptors (Lipinski definition) is 3. The Kier molecular flexibility index (Phi) is 4.36. The number of fused-ring (bicyclic) bond motifs is 1. The normalized spacial score (nSPS) is 19.3. The largest absolute Gasteiger partial charge is 0.381 e. The number of carbonyl (C=O) groups is 1. The van der Waals surface area contributed by atoms with Crippen molar-refractivity contribution in [3.63, 3.8) is 0 Å². The smallest absolute Gasteiger partial charge is 0.188 e. The van der Waals surface area contributed by atoms with Crippen molar-refractivity contribution >= 4 is 5.78 Å². The summed E-state index contributed by atoms with van der Waals surface area (Å²) < 4.78 is 0. The summed E-state index contributed by atoms with van der Waals surface area (Å²) in [4.78, 5) is 12.4. The molecule has 3 heteroatoms. The molecule has 0 saturated heterocycles. The molecule has 1 atom stereocenters. The molecule has 1 aliphatic carbocycles. The first-order valence-corrected chi connectivity index (χ1v) is 8.03. The number of aliphatic hydroxyl groups is 1. The monoisotopic (exact) mass is 319 g/mol. The van der Waals surface area contributed by atoms with Gasteiger partial charge in [0.25, 0.3) is 0 Å². The number of ketones is 1. The summed E-state index contributed by atoms with van der Waals surface area (Å²) in [6.07, 6.45) is 3.30. The van der Waals surface area contributed by atoms with Crippen molar-refractivity contribution in [3.8, 4) is 0 Å². The Bertz CT molecular complexity index is 817. The molecule has 1 unspecified atom stereocenters. The number of allylic oxidation sites excluding steroid dienone is 2. The molecule has 0 radical (unpaired) electrons. The van der Waals surface area contributed by atoms with Crippen LogP contribution in [0.5, 0.6) is 0 Å². The fourth-order valence-corrected chi connectivity index (χ4v) is 3.05. The minimum absolute atomic E-state index is 0.0898. The Hall–Kier alpha value is -2.65. The van der Waals surface area contributed by atoms with Gasteiger partial charge in [-0.2, -0.15) is 0 Å². The maximum Gasteiger partial charge on any atom is 0.188 e. The van der Waals surface area contributed by atoms with Gasteiger partial charge in [-0.1, -0.05) is 60.2 Å². The second-order valence-corrected chi connectivity index (χ2v) is 6.30. The van der Waals surface area contributed by atoms with Crippen molar-refractivity contribution in [3.05, 3.63) is 94.7 Å². The fraction of sp³-hybridized carbons (Fsp3) is 0.190. The third-order valence-electron chi connectivity index (χ3n) is 4.11. The van der Waals surface area contributed by atoms with Gasteiger partial charge in [0.2, 0.25) is 0 Å². The molecule has 2 aromatic rings. The van der Waals surface area contributed by atoms with Crippen molar-refractivity contribution in [1.82, 2.24) is 5.32 Å². The highest BCUT2D eigenvalue weighted by Crippen LogP contribution is 2.37. The Morgan fingerprint density at radius 2 is 1.75 bits per heavy atom. The molecular formula is C21H21NO2. The van der Waals surface area contributed by atoms with E-state index in [1.165, 1.54) is 6.08 Å². The topological polar surface area (TPSA) is 49.3 Å². The van der Waals surface area contributed by atoms with Crippen LogP contribution in [-0.4, -0.2) is 10.9 Å². The van der Waals surface area contributed by atoms with Gasteiger partial charge in [0.05, 0.1) is 5.70 Å². The molecule has 3 nitrogen and oxygen atoms in total. The molecule has 0 aliphatic heterocycles. The Balaban J connectivity index is 2.00. The van der Waals surface area contributed by atoms with Crippen LogP contribution >= 0.6 is 0 Å². The van der Waals surface area contributed by atoms with Gasteiger partial charge in [0.1, 0.15) is 5.60 Å². The highest BCUT2D eigenvalue weighted by Gasteiger charge is 2.38. The lowest BCUT2D eigenvalue weighted by Gasteiger charge is -2.34. The lowest BCUT2D eigenvalue weighted by Crippen LogP contribution is -2.38. The summed E-state index contributed by atoms with van der Waals surface area (Å²) in [5.41, 5.74) is 2.42. The molecule has 0 spiro atoms. The van der Waals surface area contributed by atoms with Crippen LogP contribution in [0.3, 0.4) is 0 Å². The maximum absolute atomic E-state index is 12.4. The van der Waals surface area contributed by atoms with Crippen LogP contribution < -0.4 is 5.32 Å². The first-order chi connectivity index (χ1) is 11.5. The highest BCUT2D eigenvalue weighted by molar-refractivity contribution is 6.08. The molecule has 122 valence electrons. The summed E-state index contributed by atoms with van der Waals surface area (Å²) in [5, 5.41) is 14.6. The summed E-state index contributed by atoms with van der Waals surface area (Å²) in [6, 6.07) is 17.1. The molecule has 2 N–H and O–H groups in total. The summed E-state index contributed by atoms with van der Waals surface area (Å²) in [5.74, 6) is -0.0898. The number of carbonyl (C=O) groups excluding carboxylic acids is 1. The Morgan fingerprint density at radius 1 is 1.08 bits per heavy atom. The average Bonchev–Trinajstić information content (AvgIpc) is 2.57. The van der Waals surface area contributed by atoms with Crippen LogP contribution in [0.2, 0.25) is 0 Å². The second kappa shape index (κ2) is 6.46. The summed E-state index contributed by atoms with van der Waals surface area (Å²) in [7, 11) is 0. The molecule has 0 heterocycles. The third kappa shape index (κ3) is 3.03. The molecule has 0 bridgehead atoms. The van der Waals surface area contributed by atoms with Crippen LogP contribution in [0.25, 0.3) is 0 Å². The number of benzene rings is 2. The third-order valence-corrected chi connectivity index (χ3v) is 4.11. The molecular weight excluding hydrogens is 298 g/mol. The molecule has 0 aromatic heterocycles. The van der Waals surface area contributed by atoms with Crippen LogP contribution in [0.15, 0.2) is 78.0 Å². The molecule has 0 fully saturated rings. The predicted octanol–water partition coefficient (Wildman–Crippen LogP) is 3.71. The van der Waals surface area contributed by atoms with E-state index < -0.39 is 5.60 Å². The van der Waals surface area contributed by atoms with E-state index in [2.05, 4.69) is 5.32 Å². The van der Waals surface area contributed by atoms with E-state index >= 15 is 0 Å². The number of rotatable bonds is 4. The number of nitrogens with one attached hydrogen (secondary N) is 1. The van der Waals surface area contributed by atoms with Gasteiger partial charge in [-0.25, -0.2) is 0 Å². The van der Waals surface area contributed by atoms with E-state index in [0.717, 1.165) is 11.1 Å². The van der Waals surface area contributed by atoms with Crippen LogP contribution in [0.1, 0.15) is 35.3 Å². The van der Waals surface area contributed by atoms with E-state index in [1.54, 1.807) is 12.1 Å². The van der Waals surface area contributed by atoms with Gasteiger partial charge in [0, 0.05) is 23.7 Å². The lowest BCUT2D eigenvalue weighted by atomic mass is 9.79. The van der Waals surface area contributed by atoms with Crippen molar-refractivity contribution in [2.45, 2.75) is 26.0 Å². The van der Waals surface area contributed by atoms with Crippen LogP contribution in [-0.2, 0) is 12.1 Å². The quantitative estimate of drug-likeness (QED) is 0.845. The molecule has 0 saturated carbocycles. The SMILES string of the molecule is CC(C)=CC1(O)C(NCc2ccccc2)=CC(=O)c2ccccc21. The van der Waals surface area contributed by atoms with Gasteiger partial charge in [-0.3, -0.25) is 4.79 Å². The molecule has 1 aliphatic rings. The molecule has 24 heavy (non-hydrogen) atoms. The lowest BCUT2D eigenvalue weighted by molar-refractivity contribution is 0.0950. The van der Waals surface area contributed by atoms with Gasteiger partial charge < -0.3 is 10.4 Å². The van der Waals surface area contributed by atoms with E-state index in [4.69, 9.17) is 0 Å². The first-order valence-electron chi connectivity index (χ1n) is 8.03. The standard InChI is InChI=1S/C21H21NO2/c1-15(2)13-21(24)18-11-7-6-10-17(18)19(23)12-20(21)22-14-16-8-4-3-5-9-16/h3-13,22,24H,14H2,1-2H3. The minimum atomic E-state index is -1.32. The minimum Gasteiger partial charge on any atom is -0.381 e. The summed E-state index contributed by atoms with van der Waals surface area (Å²) in [6.45, 7) is 4.42. The van der Waals surface area contributed by atoms with Crippen LogP contribution in [0.4, 0.5) is 0 Å². The Morgan fingerprint density at radius 3 is 2.46 bits per heavy atom. The van der Waals surface area contributed by atoms with Crippen molar-refractivity contribution in [2.75, 3.05) is 0 Å². The molecule has 2 aromatic carbocycles. The Labute approximate surface area is 142 Å². The summed E-state index contributed by atoms with van der Waals surface area (Å²) >= 11 is 0. The molecule has 3 rings (SSSR count). The fourth-order valence-electron chi connectivity index (χ4n) is 3.05.